The highest BCUT2D eigenvalue weighted by Gasteiger charge is 1.86. The maximum Gasteiger partial charge on any atom is 0.113 e. The minimum atomic E-state index is -0.957. The molecule has 0 rings (SSSR count). The lowest BCUT2D eigenvalue weighted by atomic mass is 10.1. The normalized spacial score (nSPS) is 15.0. The topological polar surface area (TPSA) is 29.1 Å². The van der Waals surface area contributed by atoms with Crippen LogP contribution in [0.1, 0.15) is 33.1 Å². The van der Waals surface area contributed by atoms with Crippen LogP contribution in [0.5, 0.6) is 0 Å². The van der Waals surface area contributed by atoms with Gasteiger partial charge in [0, 0.05) is 12.5 Å². The molecule has 3 heteroatoms. The summed E-state index contributed by atoms with van der Waals surface area (Å²) in [6.45, 7) is 4.24. The molecule has 0 amide bonds. The second-order valence-electron chi connectivity index (χ2n) is 3.23. The van der Waals surface area contributed by atoms with E-state index in [-0.39, 0.29) is 0 Å². The summed E-state index contributed by atoms with van der Waals surface area (Å²) in [5.74, 6) is 0. The first-order valence-corrected chi connectivity index (χ1v) is 6.82. The van der Waals surface area contributed by atoms with E-state index in [1.165, 1.54) is 12.0 Å². The van der Waals surface area contributed by atoms with E-state index in [1.807, 2.05) is 6.08 Å². The summed E-state index contributed by atoms with van der Waals surface area (Å²) in [6, 6.07) is 0. The van der Waals surface area contributed by atoms with Gasteiger partial charge >= 0.3 is 0 Å². The van der Waals surface area contributed by atoms with Gasteiger partial charge in [0.05, 0.1) is 0 Å². The summed E-state index contributed by atoms with van der Waals surface area (Å²) >= 11 is 0. The molecule has 0 aromatic carbocycles. The zero-order valence-corrected chi connectivity index (χ0v) is 10.6. The molecule has 0 heterocycles. The van der Waals surface area contributed by atoms with Crippen LogP contribution in [-0.4, -0.2) is 10.5 Å². The molecule has 0 saturated heterocycles. The van der Waals surface area contributed by atoms with Gasteiger partial charge in [0.25, 0.3) is 0 Å². The van der Waals surface area contributed by atoms with Crippen LogP contribution >= 0.6 is 0 Å². The predicted octanol–water partition coefficient (Wildman–Crippen LogP) is 3.08. The first-order chi connectivity index (χ1) is 7.20. The maximum atomic E-state index is 10.6. The van der Waals surface area contributed by atoms with Gasteiger partial charge in [0.2, 0.25) is 0 Å². The Kier molecular flexibility index (Phi) is 9.18. The summed E-state index contributed by atoms with van der Waals surface area (Å²) in [5.41, 5.74) is 1.37. The van der Waals surface area contributed by atoms with Gasteiger partial charge in [-0.05, 0) is 19.8 Å². The molecule has 0 aliphatic rings. The fourth-order valence-electron chi connectivity index (χ4n) is 1.12. The molecule has 0 bridgehead atoms. The van der Waals surface area contributed by atoms with Crippen molar-refractivity contribution < 1.29 is 4.21 Å². The Morgan fingerprint density at radius 1 is 1.40 bits per heavy atom. The molecule has 0 fully saturated rings. The average Bonchev–Trinajstić information content (AvgIpc) is 2.21. The van der Waals surface area contributed by atoms with E-state index in [1.54, 1.807) is 12.5 Å². The van der Waals surface area contributed by atoms with Gasteiger partial charge in [0.15, 0.2) is 0 Å². The number of hydrogen-bond donors (Lipinski definition) is 1. The first kappa shape index (κ1) is 14.2. The van der Waals surface area contributed by atoms with E-state index in [9.17, 15) is 4.21 Å². The average molecular weight is 227 g/mol. The lowest BCUT2D eigenvalue weighted by molar-refractivity contribution is 0.683. The fraction of sp³-hybridized carbons (Fsp3) is 0.500. The zero-order chi connectivity index (χ0) is 11.5. The molecule has 1 atom stereocenters. The summed E-state index contributed by atoms with van der Waals surface area (Å²) in [7, 11) is -0.957. The SMILES string of the molecule is C/C=C(\C=CC/C=C/NS(C)=O)CCC. The van der Waals surface area contributed by atoms with Crippen molar-refractivity contribution in [3.63, 3.8) is 0 Å². The van der Waals surface area contributed by atoms with Gasteiger partial charge in [0.1, 0.15) is 11.0 Å². The first-order valence-electron chi connectivity index (χ1n) is 5.27. The number of hydrogen-bond acceptors (Lipinski definition) is 1. The lowest BCUT2D eigenvalue weighted by Gasteiger charge is -1.96. The largest absolute Gasteiger partial charge is 0.313 e. The Morgan fingerprint density at radius 3 is 2.67 bits per heavy atom. The van der Waals surface area contributed by atoms with E-state index in [0.29, 0.717) is 0 Å². The quantitative estimate of drug-likeness (QED) is 0.665. The van der Waals surface area contributed by atoms with Crippen molar-refractivity contribution in [2.75, 3.05) is 6.26 Å². The maximum absolute atomic E-state index is 10.6. The van der Waals surface area contributed by atoms with Gasteiger partial charge in [-0.15, -0.1) is 0 Å². The van der Waals surface area contributed by atoms with Crippen molar-refractivity contribution in [1.29, 1.82) is 0 Å². The number of nitrogens with one attached hydrogen (secondary N) is 1. The molecule has 1 unspecified atom stereocenters. The van der Waals surface area contributed by atoms with Gasteiger partial charge in [-0.1, -0.05) is 43.2 Å². The molecule has 0 saturated carbocycles. The second kappa shape index (κ2) is 9.71. The van der Waals surface area contributed by atoms with E-state index >= 15 is 0 Å². The van der Waals surface area contributed by atoms with Crippen LogP contribution in [0.25, 0.3) is 0 Å². The van der Waals surface area contributed by atoms with Crippen LogP contribution in [0.3, 0.4) is 0 Å². The van der Waals surface area contributed by atoms with Crippen molar-refractivity contribution in [3.05, 3.63) is 36.1 Å². The Balaban J connectivity index is 3.78. The second-order valence-corrected chi connectivity index (χ2v) is 4.37. The van der Waals surface area contributed by atoms with E-state index in [0.717, 1.165) is 12.8 Å². The van der Waals surface area contributed by atoms with Gasteiger partial charge in [-0.25, -0.2) is 4.21 Å². The van der Waals surface area contributed by atoms with E-state index in [2.05, 4.69) is 36.8 Å². The monoisotopic (exact) mass is 227 g/mol. The van der Waals surface area contributed by atoms with Crippen LogP contribution in [0.15, 0.2) is 36.1 Å². The lowest BCUT2D eigenvalue weighted by Crippen LogP contribution is -2.05. The molecule has 0 aliphatic carbocycles. The van der Waals surface area contributed by atoms with Crippen LogP contribution in [0.2, 0.25) is 0 Å². The molecule has 0 aromatic rings. The van der Waals surface area contributed by atoms with Gasteiger partial charge in [-0.2, -0.15) is 0 Å². The molecule has 1 N–H and O–H groups in total. The molecule has 86 valence electrons. The molecule has 2 nitrogen and oxygen atoms in total. The standard InChI is InChI=1S/C12H21NOS/c1-4-9-12(5-2)10-7-6-8-11-13-15(3)14/h5,7-8,10-11,13H,4,6,9H2,1-3H3/b10-7?,11-8+,12-5-. The molecule has 0 spiro atoms. The predicted molar refractivity (Wildman–Crippen MR) is 68.8 cm³/mol. The Morgan fingerprint density at radius 2 is 2.13 bits per heavy atom. The highest BCUT2D eigenvalue weighted by atomic mass is 32.2. The summed E-state index contributed by atoms with van der Waals surface area (Å²) in [6.07, 6.45) is 14.9. The van der Waals surface area contributed by atoms with Crippen LogP contribution < -0.4 is 4.72 Å². The van der Waals surface area contributed by atoms with E-state index < -0.39 is 11.0 Å². The minimum Gasteiger partial charge on any atom is -0.313 e. The fourth-order valence-corrected chi connectivity index (χ4v) is 1.41. The summed E-state index contributed by atoms with van der Waals surface area (Å²) in [4.78, 5) is 0. The van der Waals surface area contributed by atoms with Gasteiger partial charge < -0.3 is 4.72 Å². The highest BCUT2D eigenvalue weighted by molar-refractivity contribution is 7.82. The smallest absolute Gasteiger partial charge is 0.113 e. The van der Waals surface area contributed by atoms with E-state index in [4.69, 9.17) is 0 Å². The molecular formula is C12H21NOS. The van der Waals surface area contributed by atoms with Crippen molar-refractivity contribution >= 4 is 11.0 Å². The van der Waals surface area contributed by atoms with Crippen molar-refractivity contribution in [1.82, 2.24) is 4.72 Å². The molecule has 0 aliphatic heterocycles. The third-order valence-electron chi connectivity index (χ3n) is 1.87. The van der Waals surface area contributed by atoms with Crippen molar-refractivity contribution in [2.45, 2.75) is 33.1 Å². The molecule has 0 radical (unpaired) electrons. The van der Waals surface area contributed by atoms with Crippen molar-refractivity contribution in [2.24, 2.45) is 0 Å². The molecular weight excluding hydrogens is 206 g/mol. The van der Waals surface area contributed by atoms with Crippen molar-refractivity contribution in [3.8, 4) is 0 Å². The van der Waals surface area contributed by atoms with Crippen LogP contribution in [-0.2, 0) is 11.0 Å². The molecule has 0 aromatic heterocycles. The zero-order valence-electron chi connectivity index (χ0n) is 9.82. The minimum absolute atomic E-state index is 0.866. The highest BCUT2D eigenvalue weighted by Crippen LogP contribution is 2.06. The molecule has 15 heavy (non-hydrogen) atoms. The summed E-state index contributed by atoms with van der Waals surface area (Å²) in [5, 5.41) is 0. The Bertz CT molecular complexity index is 267. The van der Waals surface area contributed by atoms with Crippen LogP contribution in [0.4, 0.5) is 0 Å². The van der Waals surface area contributed by atoms with Crippen LogP contribution in [0, 0.1) is 0 Å². The summed E-state index contributed by atoms with van der Waals surface area (Å²) < 4.78 is 13.4. The Labute approximate surface area is 95.7 Å². The Hall–Kier alpha value is -0.830. The number of allylic oxidation sites excluding steroid dienone is 5. The van der Waals surface area contributed by atoms with Gasteiger partial charge in [-0.3, -0.25) is 0 Å². The third-order valence-corrected chi connectivity index (χ3v) is 2.33. The third kappa shape index (κ3) is 9.47. The number of rotatable bonds is 7.